The van der Waals surface area contributed by atoms with Gasteiger partial charge in [0.25, 0.3) is 0 Å². The van der Waals surface area contributed by atoms with E-state index in [0.29, 0.717) is 12.8 Å². The number of aliphatic hydroxyl groups excluding tert-OH is 2. The highest BCUT2D eigenvalue weighted by Crippen LogP contribution is 2.23. The van der Waals surface area contributed by atoms with E-state index in [4.69, 9.17) is 14.9 Å². The SMILES string of the molecule is CC(=O)N[C@@H]1CC[C@H](C(=O)O)O[C@H]1C[C@H](O)CO. The first-order valence-electron chi connectivity index (χ1n) is 5.88. The highest BCUT2D eigenvalue weighted by Gasteiger charge is 2.35. The fourth-order valence-corrected chi connectivity index (χ4v) is 2.06. The number of carboxylic acids is 1. The molecule has 7 nitrogen and oxygen atoms in total. The number of nitrogens with one attached hydrogen (secondary N) is 1. The van der Waals surface area contributed by atoms with E-state index in [1.54, 1.807) is 0 Å². The van der Waals surface area contributed by atoms with E-state index in [9.17, 15) is 14.7 Å². The molecule has 1 aliphatic heterocycles. The van der Waals surface area contributed by atoms with Crippen molar-refractivity contribution in [1.82, 2.24) is 5.32 Å². The topological polar surface area (TPSA) is 116 Å². The molecule has 0 aromatic rings. The fraction of sp³-hybridized carbons (Fsp3) is 0.818. The van der Waals surface area contributed by atoms with Crippen molar-refractivity contribution in [2.45, 2.75) is 50.5 Å². The van der Waals surface area contributed by atoms with Gasteiger partial charge in [-0.2, -0.15) is 0 Å². The number of aliphatic hydroxyl groups is 2. The first kappa shape index (κ1) is 14.9. The van der Waals surface area contributed by atoms with Crippen molar-refractivity contribution >= 4 is 11.9 Å². The number of aliphatic carboxylic acids is 1. The van der Waals surface area contributed by atoms with Gasteiger partial charge in [0.1, 0.15) is 0 Å². The lowest BCUT2D eigenvalue weighted by molar-refractivity contribution is -0.164. The predicted octanol–water partition coefficient (Wildman–Crippen LogP) is -1.13. The lowest BCUT2D eigenvalue weighted by atomic mass is 9.94. The second-order valence-corrected chi connectivity index (χ2v) is 4.46. The second-order valence-electron chi connectivity index (χ2n) is 4.46. The number of carboxylic acid groups (broad SMARTS) is 1. The minimum atomic E-state index is -1.06. The number of amides is 1. The number of ether oxygens (including phenoxy) is 1. The smallest absolute Gasteiger partial charge is 0.332 e. The largest absolute Gasteiger partial charge is 0.479 e. The van der Waals surface area contributed by atoms with E-state index >= 15 is 0 Å². The molecule has 1 aliphatic rings. The van der Waals surface area contributed by atoms with Gasteiger partial charge in [0.05, 0.1) is 24.9 Å². The van der Waals surface area contributed by atoms with E-state index in [-0.39, 0.29) is 18.4 Å². The molecule has 18 heavy (non-hydrogen) atoms. The van der Waals surface area contributed by atoms with Gasteiger partial charge in [0, 0.05) is 13.3 Å². The monoisotopic (exact) mass is 261 g/mol. The van der Waals surface area contributed by atoms with Crippen molar-refractivity contribution in [3.8, 4) is 0 Å². The van der Waals surface area contributed by atoms with Crippen molar-refractivity contribution in [3.63, 3.8) is 0 Å². The summed E-state index contributed by atoms with van der Waals surface area (Å²) in [5.74, 6) is -1.29. The van der Waals surface area contributed by atoms with E-state index in [1.165, 1.54) is 6.92 Å². The molecule has 0 bridgehead atoms. The highest BCUT2D eigenvalue weighted by molar-refractivity contribution is 5.74. The third-order valence-electron chi connectivity index (χ3n) is 2.91. The molecule has 0 radical (unpaired) electrons. The maximum absolute atomic E-state index is 11.0. The molecule has 0 unspecified atom stereocenters. The molecule has 4 atom stereocenters. The molecule has 1 saturated heterocycles. The first-order chi connectivity index (χ1) is 8.43. The number of carbonyl (C=O) groups is 2. The van der Waals surface area contributed by atoms with Crippen LogP contribution in [0.25, 0.3) is 0 Å². The van der Waals surface area contributed by atoms with E-state index in [1.807, 2.05) is 0 Å². The van der Waals surface area contributed by atoms with Gasteiger partial charge in [-0.25, -0.2) is 4.79 Å². The minimum Gasteiger partial charge on any atom is -0.479 e. The van der Waals surface area contributed by atoms with Gasteiger partial charge < -0.3 is 25.4 Å². The van der Waals surface area contributed by atoms with Crippen molar-refractivity contribution in [2.24, 2.45) is 0 Å². The Morgan fingerprint density at radius 1 is 1.44 bits per heavy atom. The molecule has 0 aliphatic carbocycles. The molecule has 0 saturated carbocycles. The summed E-state index contributed by atoms with van der Waals surface area (Å²) in [5, 5.41) is 29.8. The average molecular weight is 261 g/mol. The summed E-state index contributed by atoms with van der Waals surface area (Å²) < 4.78 is 5.35. The van der Waals surface area contributed by atoms with Gasteiger partial charge in [-0.15, -0.1) is 0 Å². The van der Waals surface area contributed by atoms with Gasteiger partial charge in [-0.05, 0) is 12.8 Å². The maximum atomic E-state index is 11.0. The van der Waals surface area contributed by atoms with Crippen molar-refractivity contribution in [1.29, 1.82) is 0 Å². The lowest BCUT2D eigenvalue weighted by Crippen LogP contribution is -2.51. The van der Waals surface area contributed by atoms with E-state index < -0.39 is 30.9 Å². The molecule has 104 valence electrons. The molecular weight excluding hydrogens is 242 g/mol. The van der Waals surface area contributed by atoms with Gasteiger partial charge in [0.15, 0.2) is 6.10 Å². The Hall–Kier alpha value is -1.18. The fourth-order valence-electron chi connectivity index (χ4n) is 2.06. The Bertz CT molecular complexity index is 308. The molecule has 0 aromatic carbocycles. The van der Waals surface area contributed by atoms with Crippen LogP contribution in [-0.4, -0.2) is 58.2 Å². The van der Waals surface area contributed by atoms with Crippen molar-refractivity contribution in [2.75, 3.05) is 6.61 Å². The Balaban J connectivity index is 2.66. The van der Waals surface area contributed by atoms with Crippen LogP contribution in [0.3, 0.4) is 0 Å². The first-order valence-corrected chi connectivity index (χ1v) is 5.88. The van der Waals surface area contributed by atoms with E-state index in [0.717, 1.165) is 0 Å². The summed E-state index contributed by atoms with van der Waals surface area (Å²) in [6.45, 7) is 0.938. The Labute approximate surface area is 105 Å². The highest BCUT2D eigenvalue weighted by atomic mass is 16.5. The number of hydrogen-bond acceptors (Lipinski definition) is 5. The molecule has 0 spiro atoms. The summed E-state index contributed by atoms with van der Waals surface area (Å²) in [5.41, 5.74) is 0. The molecule has 7 heteroatoms. The normalized spacial score (nSPS) is 29.6. The van der Waals surface area contributed by atoms with Crippen molar-refractivity contribution in [3.05, 3.63) is 0 Å². The summed E-state index contributed by atoms with van der Waals surface area (Å²) in [6.07, 6.45) is -1.65. The molecule has 4 N–H and O–H groups in total. The molecule has 1 amide bonds. The zero-order chi connectivity index (χ0) is 13.7. The molecule has 0 aromatic heterocycles. The zero-order valence-electron chi connectivity index (χ0n) is 10.2. The third kappa shape index (κ3) is 4.25. The van der Waals surface area contributed by atoms with Gasteiger partial charge >= 0.3 is 5.97 Å². The van der Waals surface area contributed by atoms with Crippen LogP contribution < -0.4 is 5.32 Å². The lowest BCUT2D eigenvalue weighted by Gasteiger charge is -2.36. The molecule has 1 rings (SSSR count). The summed E-state index contributed by atoms with van der Waals surface area (Å²) in [7, 11) is 0. The van der Waals surface area contributed by atoms with E-state index in [2.05, 4.69) is 5.32 Å². The van der Waals surface area contributed by atoms with Crippen LogP contribution >= 0.6 is 0 Å². The Morgan fingerprint density at radius 3 is 2.61 bits per heavy atom. The summed E-state index contributed by atoms with van der Waals surface area (Å²) >= 11 is 0. The van der Waals surface area contributed by atoms with Crippen molar-refractivity contribution < 1.29 is 29.6 Å². The van der Waals surface area contributed by atoms with Crippen LogP contribution in [0.4, 0.5) is 0 Å². The van der Waals surface area contributed by atoms with Gasteiger partial charge in [0.2, 0.25) is 5.91 Å². The quantitative estimate of drug-likeness (QED) is 0.497. The Kier molecular flexibility index (Phi) is 5.52. The van der Waals surface area contributed by atoms with Gasteiger partial charge in [-0.3, -0.25) is 4.79 Å². The van der Waals surface area contributed by atoms with Crippen LogP contribution in [0.5, 0.6) is 0 Å². The third-order valence-corrected chi connectivity index (χ3v) is 2.91. The van der Waals surface area contributed by atoms with Crippen LogP contribution in [0.15, 0.2) is 0 Å². The minimum absolute atomic E-state index is 0.0885. The van der Waals surface area contributed by atoms with Crippen LogP contribution in [0.2, 0.25) is 0 Å². The van der Waals surface area contributed by atoms with Crippen LogP contribution in [0, 0.1) is 0 Å². The predicted molar refractivity (Wildman–Crippen MR) is 60.8 cm³/mol. The summed E-state index contributed by atoms with van der Waals surface area (Å²) in [4.78, 5) is 21.9. The van der Waals surface area contributed by atoms with Crippen LogP contribution in [-0.2, 0) is 14.3 Å². The van der Waals surface area contributed by atoms with Crippen LogP contribution in [0.1, 0.15) is 26.2 Å². The average Bonchev–Trinajstić information content (AvgIpc) is 2.30. The standard InChI is InChI=1S/C11H19NO6/c1-6(14)12-8-2-3-9(11(16)17)18-10(8)4-7(15)5-13/h7-10,13,15H,2-5H2,1H3,(H,12,14)(H,16,17)/t7-,8+,9+,10-/m0/s1. The molecule has 1 fully saturated rings. The number of rotatable bonds is 5. The summed E-state index contributed by atoms with van der Waals surface area (Å²) in [6, 6.07) is -0.334. The number of carbonyl (C=O) groups excluding carboxylic acids is 1. The Morgan fingerprint density at radius 2 is 2.11 bits per heavy atom. The molecule has 1 heterocycles. The van der Waals surface area contributed by atoms with Gasteiger partial charge in [-0.1, -0.05) is 0 Å². The zero-order valence-corrected chi connectivity index (χ0v) is 10.2. The number of hydrogen-bond donors (Lipinski definition) is 4. The molecular formula is C11H19NO6. The second kappa shape index (κ2) is 6.67. The maximum Gasteiger partial charge on any atom is 0.332 e.